The number of halogens is 3. The average molecular weight is 455 g/mol. The number of carboxylic acid groups (broad SMARTS) is 1. The molecule has 0 saturated carbocycles. The smallest absolute Gasteiger partial charge is 0.336 e. The van der Waals surface area contributed by atoms with Crippen LogP contribution in [0.5, 0.6) is 0 Å². The van der Waals surface area contributed by atoms with E-state index in [9.17, 15) is 4.79 Å². The van der Waals surface area contributed by atoms with Crippen molar-refractivity contribution in [2.45, 2.75) is 6.42 Å². The van der Waals surface area contributed by atoms with E-state index in [1.54, 1.807) is 12.3 Å². The Balaban J connectivity index is 0.00000300. The van der Waals surface area contributed by atoms with Crippen LogP contribution in [0.2, 0.25) is 10.0 Å². The van der Waals surface area contributed by atoms with E-state index in [1.165, 1.54) is 4.90 Å². The highest BCUT2D eigenvalue weighted by Crippen LogP contribution is 2.33. The maximum Gasteiger partial charge on any atom is 0.336 e. The molecule has 0 aliphatic carbocycles. The van der Waals surface area contributed by atoms with E-state index >= 15 is 0 Å². The van der Waals surface area contributed by atoms with Crippen molar-refractivity contribution in [3.8, 4) is 0 Å². The second kappa shape index (κ2) is 11.3. The Morgan fingerprint density at radius 2 is 1.66 bits per heavy atom. The summed E-state index contributed by atoms with van der Waals surface area (Å²) in [6.45, 7) is 2.62. The van der Waals surface area contributed by atoms with Crippen molar-refractivity contribution in [1.29, 1.82) is 0 Å². The van der Waals surface area contributed by atoms with Crippen LogP contribution in [-0.2, 0) is 9.53 Å². The number of rotatable bonds is 7. The molecule has 2 aromatic carbocycles. The fourth-order valence-electron chi connectivity index (χ4n) is 3.23. The van der Waals surface area contributed by atoms with Crippen LogP contribution >= 0.6 is 23.2 Å². The summed E-state index contributed by atoms with van der Waals surface area (Å²) < 4.78 is 5.85. The summed E-state index contributed by atoms with van der Waals surface area (Å²) in [7, 11) is 0. The first-order valence-electron chi connectivity index (χ1n) is 9.13. The van der Waals surface area contributed by atoms with Crippen LogP contribution in [0.25, 0.3) is 5.57 Å². The third-order valence-corrected chi connectivity index (χ3v) is 5.37. The Morgan fingerprint density at radius 3 is 2.21 bits per heavy atom. The van der Waals surface area contributed by atoms with Gasteiger partial charge >= 0.3 is 5.97 Å². The first kappa shape index (κ1) is 23.3. The van der Waals surface area contributed by atoms with Gasteiger partial charge < -0.3 is 27.2 Å². The van der Waals surface area contributed by atoms with Crippen LogP contribution < -0.4 is 17.3 Å². The number of nitrogens with one attached hydrogen (secondary N) is 1. The van der Waals surface area contributed by atoms with Gasteiger partial charge in [0.05, 0.1) is 18.4 Å². The molecule has 154 valence electrons. The summed E-state index contributed by atoms with van der Waals surface area (Å²) in [5.74, 6) is -0.835. The third-order valence-electron chi connectivity index (χ3n) is 4.71. The van der Waals surface area contributed by atoms with Gasteiger partial charge in [-0.15, -0.1) is 0 Å². The summed E-state index contributed by atoms with van der Waals surface area (Å²) in [5, 5.41) is 10.4. The molecule has 1 aliphatic rings. The second-order valence-electron chi connectivity index (χ2n) is 6.61. The molecule has 7 heteroatoms. The minimum atomic E-state index is -0.835. The minimum absolute atomic E-state index is 0. The summed E-state index contributed by atoms with van der Waals surface area (Å²) in [5.41, 5.74) is 2.98. The molecule has 2 aromatic rings. The SMILES string of the molecule is O=C(O)C1=CCC[NH+](CCOC=C(c2ccccc2Cl)c2ccccc2Cl)C1.[Cl-]. The predicted molar refractivity (Wildman–Crippen MR) is 112 cm³/mol. The molecule has 0 fully saturated rings. The van der Waals surface area contributed by atoms with Gasteiger partial charge in [-0.05, 0) is 12.1 Å². The molecule has 2 N–H and O–H groups in total. The maximum atomic E-state index is 11.1. The van der Waals surface area contributed by atoms with Crippen LogP contribution in [0.1, 0.15) is 17.5 Å². The number of aliphatic carboxylic acids is 1. The molecule has 1 unspecified atom stereocenters. The molecule has 0 aromatic heterocycles. The van der Waals surface area contributed by atoms with Crippen molar-refractivity contribution >= 4 is 34.7 Å². The normalized spacial score (nSPS) is 15.7. The standard InChI is InChI=1S/C22H21Cl2NO3.ClH/c23-20-9-3-1-7-17(20)19(18-8-2-4-10-21(18)24)15-28-13-12-25-11-5-6-16(14-25)22(26)27;/h1-4,6-10,15H,5,11-14H2,(H,26,27);1H. The average Bonchev–Trinajstić information content (AvgIpc) is 2.70. The Kier molecular flexibility index (Phi) is 9.05. The van der Waals surface area contributed by atoms with E-state index in [0.717, 1.165) is 36.2 Å². The number of hydrogen-bond donors (Lipinski definition) is 2. The van der Waals surface area contributed by atoms with Gasteiger partial charge in [-0.25, -0.2) is 4.79 Å². The predicted octanol–water partition coefficient (Wildman–Crippen LogP) is 0.703. The number of quaternary nitrogens is 1. The number of carbonyl (C=O) groups is 1. The fourth-order valence-corrected chi connectivity index (χ4v) is 3.71. The summed E-state index contributed by atoms with van der Waals surface area (Å²) in [6.07, 6.45) is 4.27. The van der Waals surface area contributed by atoms with Crippen LogP contribution in [0.4, 0.5) is 0 Å². The fraction of sp³-hybridized carbons (Fsp3) is 0.227. The molecule has 29 heavy (non-hydrogen) atoms. The zero-order valence-electron chi connectivity index (χ0n) is 15.7. The first-order valence-corrected chi connectivity index (χ1v) is 9.89. The van der Waals surface area contributed by atoms with Gasteiger partial charge in [0, 0.05) is 33.2 Å². The third kappa shape index (κ3) is 6.25. The van der Waals surface area contributed by atoms with Crippen molar-refractivity contribution in [3.63, 3.8) is 0 Å². The molecule has 0 bridgehead atoms. The van der Waals surface area contributed by atoms with Crippen LogP contribution in [0, 0.1) is 0 Å². The first-order chi connectivity index (χ1) is 13.6. The van der Waals surface area contributed by atoms with E-state index < -0.39 is 5.97 Å². The van der Waals surface area contributed by atoms with Crippen molar-refractivity contribution in [2.75, 3.05) is 26.2 Å². The van der Waals surface area contributed by atoms with Gasteiger partial charge in [0.15, 0.2) is 0 Å². The lowest BCUT2D eigenvalue weighted by Gasteiger charge is -2.22. The lowest BCUT2D eigenvalue weighted by Crippen LogP contribution is -3.13. The van der Waals surface area contributed by atoms with Crippen molar-refractivity contribution in [1.82, 2.24) is 0 Å². The van der Waals surface area contributed by atoms with Gasteiger partial charge in [0.2, 0.25) is 0 Å². The molecule has 3 rings (SSSR count). The molecule has 0 amide bonds. The van der Waals surface area contributed by atoms with Crippen molar-refractivity contribution < 1.29 is 31.9 Å². The van der Waals surface area contributed by atoms with Gasteiger partial charge in [-0.3, -0.25) is 0 Å². The van der Waals surface area contributed by atoms with Gasteiger partial charge in [-0.2, -0.15) is 0 Å². The molecule has 4 nitrogen and oxygen atoms in total. The number of ether oxygens (including phenoxy) is 1. The molecule has 1 aliphatic heterocycles. The van der Waals surface area contributed by atoms with Crippen LogP contribution in [0.15, 0.2) is 66.4 Å². The van der Waals surface area contributed by atoms with E-state index in [-0.39, 0.29) is 12.4 Å². The highest BCUT2D eigenvalue weighted by atomic mass is 35.5. The van der Waals surface area contributed by atoms with E-state index in [1.807, 2.05) is 48.5 Å². The number of benzene rings is 2. The Bertz CT molecular complexity index is 864. The summed E-state index contributed by atoms with van der Waals surface area (Å²) in [6, 6.07) is 15.1. The zero-order chi connectivity index (χ0) is 19.9. The quantitative estimate of drug-likeness (QED) is 0.478. The monoisotopic (exact) mass is 453 g/mol. The van der Waals surface area contributed by atoms with Gasteiger partial charge in [0.25, 0.3) is 0 Å². The number of carboxylic acids is 1. The zero-order valence-corrected chi connectivity index (χ0v) is 18.0. The number of hydrogen-bond acceptors (Lipinski definition) is 2. The topological polar surface area (TPSA) is 51.0 Å². The summed E-state index contributed by atoms with van der Waals surface area (Å²) in [4.78, 5) is 12.3. The lowest BCUT2D eigenvalue weighted by atomic mass is 9.99. The highest BCUT2D eigenvalue weighted by Gasteiger charge is 2.20. The van der Waals surface area contributed by atoms with Crippen molar-refractivity contribution in [2.24, 2.45) is 0 Å². The molecule has 1 heterocycles. The van der Waals surface area contributed by atoms with E-state index in [2.05, 4.69) is 0 Å². The Morgan fingerprint density at radius 1 is 1.07 bits per heavy atom. The second-order valence-corrected chi connectivity index (χ2v) is 7.43. The lowest BCUT2D eigenvalue weighted by molar-refractivity contribution is -0.896. The van der Waals surface area contributed by atoms with E-state index in [0.29, 0.717) is 28.8 Å². The maximum absolute atomic E-state index is 11.1. The van der Waals surface area contributed by atoms with Gasteiger partial charge in [0.1, 0.15) is 19.7 Å². The van der Waals surface area contributed by atoms with Gasteiger partial charge in [-0.1, -0.05) is 65.7 Å². The Labute approximate surface area is 186 Å². The molecular formula is C22H22Cl3NO3. The molecule has 1 atom stereocenters. The molecule has 0 spiro atoms. The molecule has 0 radical (unpaired) electrons. The molecule has 0 saturated heterocycles. The largest absolute Gasteiger partial charge is 1.00 e. The molecular weight excluding hydrogens is 433 g/mol. The van der Waals surface area contributed by atoms with Crippen LogP contribution in [0.3, 0.4) is 0 Å². The van der Waals surface area contributed by atoms with Crippen molar-refractivity contribution in [3.05, 3.63) is 87.6 Å². The van der Waals surface area contributed by atoms with E-state index in [4.69, 9.17) is 33.0 Å². The van der Waals surface area contributed by atoms with Crippen LogP contribution in [-0.4, -0.2) is 37.3 Å². The minimum Gasteiger partial charge on any atom is -1.00 e. The summed E-state index contributed by atoms with van der Waals surface area (Å²) >= 11 is 12.8. The Hall–Kier alpha value is -1.98. The highest BCUT2D eigenvalue weighted by molar-refractivity contribution is 6.34.